The molecule has 0 aromatic carbocycles. The molecule has 0 aromatic heterocycles. The minimum Gasteiger partial charge on any atom is -0.389 e. The Hall–Kier alpha value is 0.210. The van der Waals surface area contributed by atoms with E-state index >= 15 is 0 Å². The molecule has 3 heteroatoms. The first kappa shape index (κ1) is 30.2. The largest absolute Gasteiger partial charge is 0.389 e. The van der Waals surface area contributed by atoms with Crippen molar-refractivity contribution >= 4 is 11.6 Å². The van der Waals surface area contributed by atoms with E-state index in [4.69, 9.17) is 16.3 Å². The number of alkyl halides is 1. The molecule has 0 aliphatic heterocycles. The van der Waals surface area contributed by atoms with Crippen molar-refractivity contribution in [2.75, 3.05) is 19.1 Å². The van der Waals surface area contributed by atoms with Crippen molar-refractivity contribution in [3.63, 3.8) is 0 Å². The monoisotopic (exact) mass is 446 g/mol. The Morgan fingerprint density at radius 3 is 1.30 bits per heavy atom. The molecule has 182 valence electrons. The number of aliphatic hydroxyl groups excluding tert-OH is 1. The lowest BCUT2D eigenvalue weighted by atomic mass is 9.94. The number of hydrogen-bond donors (Lipinski definition) is 1. The molecule has 2 atom stereocenters. The second-order valence-electron chi connectivity index (χ2n) is 9.45. The molecule has 0 aliphatic carbocycles. The van der Waals surface area contributed by atoms with Gasteiger partial charge in [0.1, 0.15) is 0 Å². The van der Waals surface area contributed by atoms with Crippen LogP contribution in [0.25, 0.3) is 0 Å². The fourth-order valence-electron chi connectivity index (χ4n) is 4.21. The summed E-state index contributed by atoms with van der Waals surface area (Å²) in [5.41, 5.74) is 0. The number of unbranched alkanes of at least 4 members (excludes halogenated alkanes) is 16. The Labute approximate surface area is 194 Å². The third kappa shape index (κ3) is 22.9. The van der Waals surface area contributed by atoms with Gasteiger partial charge in [0.15, 0.2) is 0 Å². The molecule has 0 fully saturated rings. The quantitative estimate of drug-likeness (QED) is 0.112. The summed E-state index contributed by atoms with van der Waals surface area (Å²) in [6, 6.07) is 0. The molecule has 0 spiro atoms. The van der Waals surface area contributed by atoms with E-state index in [-0.39, 0.29) is 5.88 Å². The molecule has 1 N–H and O–H groups in total. The molecule has 0 radical (unpaired) electrons. The highest BCUT2D eigenvalue weighted by atomic mass is 35.5. The Balaban J connectivity index is 3.79. The van der Waals surface area contributed by atoms with Crippen molar-refractivity contribution in [2.24, 2.45) is 5.92 Å². The van der Waals surface area contributed by atoms with Gasteiger partial charge in [-0.15, -0.1) is 11.6 Å². The summed E-state index contributed by atoms with van der Waals surface area (Å²) in [4.78, 5) is 0. The van der Waals surface area contributed by atoms with Crippen LogP contribution >= 0.6 is 11.6 Å². The van der Waals surface area contributed by atoms with Crippen molar-refractivity contribution < 1.29 is 9.84 Å². The fourth-order valence-corrected chi connectivity index (χ4v) is 4.30. The van der Waals surface area contributed by atoms with Gasteiger partial charge in [0, 0.05) is 6.61 Å². The van der Waals surface area contributed by atoms with Gasteiger partial charge in [-0.3, -0.25) is 0 Å². The predicted molar refractivity (Wildman–Crippen MR) is 135 cm³/mol. The number of halogens is 1. The average Bonchev–Trinajstić information content (AvgIpc) is 2.76. The highest BCUT2D eigenvalue weighted by Gasteiger charge is 2.11. The number of hydrogen-bond acceptors (Lipinski definition) is 2. The first-order chi connectivity index (χ1) is 14.7. The molecule has 0 saturated heterocycles. The summed E-state index contributed by atoms with van der Waals surface area (Å²) in [6.07, 6.45) is 27.0. The van der Waals surface area contributed by atoms with Crippen molar-refractivity contribution in [2.45, 2.75) is 148 Å². The highest BCUT2D eigenvalue weighted by Crippen LogP contribution is 2.20. The van der Waals surface area contributed by atoms with E-state index in [0.29, 0.717) is 12.5 Å². The summed E-state index contributed by atoms with van der Waals surface area (Å²) in [5, 5.41) is 9.61. The number of ether oxygens (including phenoxy) is 1. The van der Waals surface area contributed by atoms with Crippen LogP contribution in [-0.4, -0.2) is 30.3 Å². The lowest BCUT2D eigenvalue weighted by Crippen LogP contribution is -2.20. The average molecular weight is 447 g/mol. The van der Waals surface area contributed by atoms with Crippen LogP contribution in [0.5, 0.6) is 0 Å². The molecule has 0 heterocycles. The van der Waals surface area contributed by atoms with Gasteiger partial charge in [-0.05, 0) is 18.8 Å². The van der Waals surface area contributed by atoms with Gasteiger partial charge in [0.05, 0.1) is 18.6 Å². The van der Waals surface area contributed by atoms with E-state index in [9.17, 15) is 5.11 Å². The first-order valence-corrected chi connectivity index (χ1v) is 14.1. The maximum atomic E-state index is 9.61. The Kier molecular flexibility index (Phi) is 25.6. The molecule has 0 saturated carbocycles. The van der Waals surface area contributed by atoms with Crippen molar-refractivity contribution in [1.29, 1.82) is 0 Å². The van der Waals surface area contributed by atoms with Crippen molar-refractivity contribution in [3.8, 4) is 0 Å². The van der Waals surface area contributed by atoms with Crippen LogP contribution in [0.3, 0.4) is 0 Å². The Morgan fingerprint density at radius 1 is 0.567 bits per heavy atom. The van der Waals surface area contributed by atoms with Crippen molar-refractivity contribution in [1.82, 2.24) is 0 Å². The van der Waals surface area contributed by atoms with Gasteiger partial charge in [-0.2, -0.15) is 0 Å². The fraction of sp³-hybridized carbons (Fsp3) is 1.00. The summed E-state index contributed by atoms with van der Waals surface area (Å²) >= 11 is 5.68. The zero-order valence-corrected chi connectivity index (χ0v) is 21.4. The maximum absolute atomic E-state index is 9.61. The molecular weight excluding hydrogens is 392 g/mol. The highest BCUT2D eigenvalue weighted by molar-refractivity contribution is 6.18. The lowest BCUT2D eigenvalue weighted by Gasteiger charge is -2.18. The molecule has 0 aromatic rings. The summed E-state index contributed by atoms with van der Waals surface area (Å²) in [6.45, 7) is 5.74. The minimum absolute atomic E-state index is 0.265. The molecule has 30 heavy (non-hydrogen) atoms. The zero-order chi connectivity index (χ0) is 22.1. The van der Waals surface area contributed by atoms with E-state index < -0.39 is 6.10 Å². The summed E-state index contributed by atoms with van der Waals surface area (Å²) < 4.78 is 5.78. The van der Waals surface area contributed by atoms with Crippen LogP contribution in [0.15, 0.2) is 0 Å². The first-order valence-electron chi connectivity index (χ1n) is 13.6. The molecule has 0 rings (SSSR count). The third-order valence-corrected chi connectivity index (χ3v) is 6.63. The van der Waals surface area contributed by atoms with Crippen LogP contribution < -0.4 is 0 Å². The van der Waals surface area contributed by atoms with Gasteiger partial charge in [-0.25, -0.2) is 0 Å². The summed E-state index contributed by atoms with van der Waals surface area (Å²) in [7, 11) is 0. The summed E-state index contributed by atoms with van der Waals surface area (Å²) in [5.74, 6) is 0.919. The van der Waals surface area contributed by atoms with Gasteiger partial charge >= 0.3 is 0 Å². The normalized spacial score (nSPS) is 13.6. The predicted octanol–water partition coefficient (Wildman–Crippen LogP) is 9.06. The molecule has 2 unspecified atom stereocenters. The van der Waals surface area contributed by atoms with E-state index in [2.05, 4.69) is 13.8 Å². The molecule has 0 amide bonds. The van der Waals surface area contributed by atoms with Gasteiger partial charge in [-0.1, -0.05) is 129 Å². The van der Waals surface area contributed by atoms with E-state index in [1.165, 1.54) is 128 Å². The standard InChI is InChI=1S/C27H55ClO2/c1-3-5-7-9-11-13-14-16-18-20-22-26(24-30-25-27(29)23-28)21-19-17-15-12-10-8-6-4-2/h26-27,29H,3-25H2,1-2H3. The zero-order valence-electron chi connectivity index (χ0n) is 20.7. The SMILES string of the molecule is CCCCCCCCCCCCC(CCCCCCCCCC)COCC(O)CCl. The third-order valence-electron chi connectivity index (χ3n) is 6.27. The van der Waals surface area contributed by atoms with Gasteiger partial charge in [0.25, 0.3) is 0 Å². The lowest BCUT2D eigenvalue weighted by molar-refractivity contribution is 0.0269. The Bertz CT molecular complexity index is 311. The molecule has 2 nitrogen and oxygen atoms in total. The smallest absolute Gasteiger partial charge is 0.0908 e. The molecular formula is C27H55ClO2. The van der Waals surface area contributed by atoms with Crippen LogP contribution in [0, 0.1) is 5.92 Å². The van der Waals surface area contributed by atoms with E-state index in [1.54, 1.807) is 0 Å². The van der Waals surface area contributed by atoms with E-state index in [1.807, 2.05) is 0 Å². The van der Waals surface area contributed by atoms with Crippen LogP contribution in [0.4, 0.5) is 0 Å². The number of aliphatic hydroxyl groups is 1. The van der Waals surface area contributed by atoms with E-state index in [0.717, 1.165) is 6.61 Å². The maximum Gasteiger partial charge on any atom is 0.0908 e. The molecule has 0 aliphatic rings. The van der Waals surface area contributed by atoms with Gasteiger partial charge in [0.2, 0.25) is 0 Å². The minimum atomic E-state index is -0.521. The van der Waals surface area contributed by atoms with Crippen LogP contribution in [-0.2, 0) is 4.74 Å². The second kappa shape index (κ2) is 25.5. The Morgan fingerprint density at radius 2 is 0.933 bits per heavy atom. The van der Waals surface area contributed by atoms with Crippen LogP contribution in [0.1, 0.15) is 142 Å². The number of rotatable bonds is 25. The topological polar surface area (TPSA) is 29.5 Å². The van der Waals surface area contributed by atoms with Crippen LogP contribution in [0.2, 0.25) is 0 Å². The second-order valence-corrected chi connectivity index (χ2v) is 9.75. The van der Waals surface area contributed by atoms with Gasteiger partial charge < -0.3 is 9.84 Å². The molecule has 0 bridgehead atoms. The van der Waals surface area contributed by atoms with Crippen molar-refractivity contribution in [3.05, 3.63) is 0 Å².